The first kappa shape index (κ1) is 45.1. The van der Waals surface area contributed by atoms with Crippen molar-refractivity contribution in [2.75, 3.05) is 13.2 Å². The Morgan fingerprint density at radius 3 is 2.31 bits per heavy atom. The van der Waals surface area contributed by atoms with E-state index in [1.54, 1.807) is 45.0 Å². The molecule has 3 aliphatic heterocycles. The van der Waals surface area contributed by atoms with E-state index in [9.17, 15) is 42.6 Å². The van der Waals surface area contributed by atoms with Gasteiger partial charge in [0.25, 0.3) is 0 Å². The number of esters is 3. The van der Waals surface area contributed by atoms with Crippen LogP contribution >= 0.6 is 0 Å². The first-order chi connectivity index (χ1) is 29.2. The van der Waals surface area contributed by atoms with Crippen LogP contribution in [0.5, 0.6) is 0 Å². The largest absolute Gasteiger partial charge is 0.460 e. The van der Waals surface area contributed by atoms with Gasteiger partial charge < -0.3 is 44.5 Å². The fourth-order valence-electron chi connectivity index (χ4n) is 8.99. The molecule has 62 heavy (non-hydrogen) atoms. The zero-order chi connectivity index (χ0) is 44.8. The van der Waals surface area contributed by atoms with Crippen LogP contribution in [-0.4, -0.2) is 124 Å². The van der Waals surface area contributed by atoms with E-state index in [2.05, 4.69) is 15.4 Å². The van der Waals surface area contributed by atoms with E-state index in [0.29, 0.717) is 24.0 Å². The Morgan fingerprint density at radius 1 is 1.00 bits per heavy atom. The number of nitrogens with one attached hydrogen (secondary N) is 2. The Kier molecular flexibility index (Phi) is 12.6. The summed E-state index contributed by atoms with van der Waals surface area (Å²) in [6, 6.07) is 10.2. The molecule has 1 saturated carbocycles. The second kappa shape index (κ2) is 17.3. The van der Waals surface area contributed by atoms with Crippen molar-refractivity contribution in [1.82, 2.24) is 15.7 Å². The van der Waals surface area contributed by atoms with Crippen molar-refractivity contribution in [2.45, 2.75) is 133 Å². The van der Waals surface area contributed by atoms with E-state index in [1.807, 2.05) is 24.3 Å². The van der Waals surface area contributed by atoms with Crippen molar-refractivity contribution in [3.63, 3.8) is 0 Å². The van der Waals surface area contributed by atoms with E-state index in [0.717, 1.165) is 17.2 Å². The molecular weight excluding hydrogens is 823 g/mol. The molecule has 4 N–H and O–H groups in total. The third-order valence-electron chi connectivity index (χ3n) is 11.6. The quantitative estimate of drug-likeness (QED) is 0.122. The molecule has 336 valence electrons. The lowest BCUT2D eigenvalue weighted by molar-refractivity contribution is -0.217. The lowest BCUT2D eigenvalue weighted by Crippen LogP contribution is -2.71. The number of hydrogen-bond donors (Lipinski definition) is 4. The fraction of sp³-hybridized carbons (Fsp3) is 0.558. The highest BCUT2D eigenvalue weighted by Gasteiger charge is 2.76. The summed E-state index contributed by atoms with van der Waals surface area (Å²) in [6.45, 7) is 3.82. The lowest BCUT2D eigenvalue weighted by Gasteiger charge is -2.49. The summed E-state index contributed by atoms with van der Waals surface area (Å²) in [5.41, 5.74) is 0.212. The third-order valence-corrected chi connectivity index (χ3v) is 11.6. The van der Waals surface area contributed by atoms with Crippen LogP contribution in [0.15, 0.2) is 54.6 Å². The second-order valence-electron chi connectivity index (χ2n) is 17.4. The molecule has 2 aliphatic carbocycles. The molecule has 9 unspecified atom stereocenters. The Morgan fingerprint density at radius 2 is 1.66 bits per heavy atom. The number of amides is 2. The molecule has 5 aliphatic rings. The number of rotatable bonds is 14. The molecule has 1 spiro atoms. The molecular formula is C43H50F3N3O13. The van der Waals surface area contributed by atoms with Gasteiger partial charge in [-0.2, -0.15) is 18.2 Å². The van der Waals surface area contributed by atoms with Crippen molar-refractivity contribution >= 4 is 35.8 Å². The van der Waals surface area contributed by atoms with Gasteiger partial charge in [-0.3, -0.25) is 24.0 Å². The van der Waals surface area contributed by atoms with Gasteiger partial charge in [-0.25, -0.2) is 4.79 Å². The van der Waals surface area contributed by atoms with Gasteiger partial charge in [0.2, 0.25) is 11.8 Å². The molecule has 16 nitrogen and oxygen atoms in total. The molecule has 0 aromatic heterocycles. The average Bonchev–Trinajstić information content (AvgIpc) is 3.87. The van der Waals surface area contributed by atoms with Crippen LogP contribution in [0.4, 0.5) is 13.2 Å². The fourth-order valence-corrected chi connectivity index (χ4v) is 8.99. The van der Waals surface area contributed by atoms with Crippen LogP contribution in [0.25, 0.3) is 6.08 Å². The molecule has 0 radical (unpaired) electrons. The van der Waals surface area contributed by atoms with Gasteiger partial charge in [0.15, 0.2) is 18.4 Å². The maximum Gasteiger partial charge on any atom is 0.422 e. The van der Waals surface area contributed by atoms with Crippen LogP contribution in [0, 0.1) is 5.41 Å². The first-order valence-corrected chi connectivity index (χ1v) is 20.4. The number of carbonyl (C=O) groups excluding carboxylic acids is 5. The highest BCUT2D eigenvalue weighted by atomic mass is 19.4. The minimum Gasteiger partial charge on any atom is -0.460 e. The number of aliphatic hydroxyl groups is 2. The molecule has 9 atom stereocenters. The summed E-state index contributed by atoms with van der Waals surface area (Å²) in [4.78, 5) is 74.2. The number of nitrogens with zero attached hydrogens (tertiary/aromatic N) is 1. The summed E-state index contributed by atoms with van der Waals surface area (Å²) < 4.78 is 67.1. The third kappa shape index (κ3) is 9.38. The predicted molar refractivity (Wildman–Crippen MR) is 208 cm³/mol. The number of aliphatic hydroxyl groups excluding tert-OH is 2. The number of hydrogen-bond acceptors (Lipinski definition) is 14. The van der Waals surface area contributed by atoms with E-state index in [-0.39, 0.29) is 25.8 Å². The van der Waals surface area contributed by atoms with Gasteiger partial charge in [0.05, 0.1) is 25.3 Å². The predicted octanol–water partition coefficient (Wildman–Crippen LogP) is 2.35. The van der Waals surface area contributed by atoms with Crippen LogP contribution < -0.4 is 10.6 Å². The zero-order valence-corrected chi connectivity index (χ0v) is 34.5. The highest BCUT2D eigenvalue weighted by molar-refractivity contribution is 5.96. The number of alkyl halides is 3. The monoisotopic (exact) mass is 873 g/mol. The summed E-state index contributed by atoms with van der Waals surface area (Å²) in [6.07, 6.45) is -7.78. The van der Waals surface area contributed by atoms with Crippen LogP contribution in [0.3, 0.4) is 0 Å². The topological polar surface area (TPSA) is 208 Å². The van der Waals surface area contributed by atoms with Crippen LogP contribution in [-0.2, 0) is 71.9 Å². The van der Waals surface area contributed by atoms with Crippen molar-refractivity contribution in [2.24, 2.45) is 5.41 Å². The van der Waals surface area contributed by atoms with Gasteiger partial charge in [-0.1, -0.05) is 48.5 Å². The molecule has 19 heteroatoms. The number of hydroxylamine groups is 2. The molecule has 2 bridgehead atoms. The van der Waals surface area contributed by atoms with Gasteiger partial charge in [0, 0.05) is 31.8 Å². The zero-order valence-electron chi connectivity index (χ0n) is 34.5. The van der Waals surface area contributed by atoms with Gasteiger partial charge >= 0.3 is 24.1 Å². The first-order valence-electron chi connectivity index (χ1n) is 20.4. The normalized spacial score (nSPS) is 27.5. The SMILES string of the molecule is CC(O)C(NC(=O)C12CC3OC(=O)C1N(Cc1ccccc1C=CC(=O)OCC(F)(F)F)OC2C1OC2(Cc4ccccc4C2)OC31)C(=O)NC(CO)CCC(=O)OC(C)(C)C. The van der Waals surface area contributed by atoms with Gasteiger partial charge in [-0.15, -0.1) is 0 Å². The minimum absolute atomic E-state index is 0.0144. The number of ether oxygens (including phenoxy) is 5. The Bertz CT molecular complexity index is 2060. The van der Waals surface area contributed by atoms with E-state index < -0.39 is 115 Å². The maximum atomic E-state index is 15.0. The Balaban J connectivity index is 1.17. The summed E-state index contributed by atoms with van der Waals surface area (Å²) >= 11 is 0. The summed E-state index contributed by atoms with van der Waals surface area (Å²) in [7, 11) is 0. The summed E-state index contributed by atoms with van der Waals surface area (Å²) in [5, 5.41) is 27.5. The van der Waals surface area contributed by atoms with Gasteiger partial charge in [-0.05, 0) is 62.4 Å². The number of fused-ring (bicyclic) bond motifs is 5. The van der Waals surface area contributed by atoms with Gasteiger partial charge in [0.1, 0.15) is 41.5 Å². The molecule has 4 fully saturated rings. The van der Waals surface area contributed by atoms with E-state index >= 15 is 4.79 Å². The molecule has 2 aromatic rings. The van der Waals surface area contributed by atoms with Crippen molar-refractivity contribution < 1.29 is 75.9 Å². The Labute approximate surface area is 354 Å². The standard InChI is InChI=1S/C43H50F3N3O13/c1-23(51)32(37(54)47-28(21-50)14-16-31(53)59-40(2,3)4)48-39(56)42-19-29-33-34(61-41(60-33)17-25-10-6-7-11-26(25)18-41)36(42)62-49(35(42)38(55)58-29)20-27-12-8-5-9-24(27)13-15-30(52)57-22-43(44,45)46/h5-13,15,23,28-29,32-36,50-51H,14,16-22H2,1-4H3,(H,47,54)(H,48,56). The minimum atomic E-state index is -4.72. The molecule has 3 saturated heterocycles. The van der Waals surface area contributed by atoms with Crippen LogP contribution in [0.1, 0.15) is 69.2 Å². The second-order valence-corrected chi connectivity index (χ2v) is 17.4. The van der Waals surface area contributed by atoms with Crippen molar-refractivity contribution in [3.05, 3.63) is 76.9 Å². The number of benzene rings is 2. The molecule has 3 heterocycles. The maximum absolute atomic E-state index is 15.0. The molecule has 2 amide bonds. The molecule has 7 rings (SSSR count). The smallest absolute Gasteiger partial charge is 0.422 e. The van der Waals surface area contributed by atoms with E-state index in [1.165, 1.54) is 18.1 Å². The number of carbonyl (C=O) groups is 5. The summed E-state index contributed by atoms with van der Waals surface area (Å²) in [5.74, 6) is -5.53. The highest BCUT2D eigenvalue weighted by Crippen LogP contribution is 2.58. The molecule has 2 aromatic carbocycles. The Hall–Kier alpha value is -4.92. The van der Waals surface area contributed by atoms with Crippen LogP contribution in [0.2, 0.25) is 0 Å². The average molecular weight is 874 g/mol. The number of halogens is 3. The van der Waals surface area contributed by atoms with Crippen molar-refractivity contribution in [1.29, 1.82) is 0 Å². The lowest BCUT2D eigenvalue weighted by atomic mass is 9.62. The van der Waals surface area contributed by atoms with Crippen molar-refractivity contribution in [3.8, 4) is 0 Å². The van der Waals surface area contributed by atoms with E-state index in [4.69, 9.17) is 23.8 Å².